The number of quaternary nitrogens is 1. The maximum absolute atomic E-state index is 5.52. The molecule has 0 aliphatic carbocycles. The van der Waals surface area contributed by atoms with Crippen molar-refractivity contribution in [3.63, 3.8) is 0 Å². The molecular weight excluding hydrogens is 126 g/mol. The molecule has 0 bridgehead atoms. The normalized spacial score (nSPS) is 40.5. The summed E-state index contributed by atoms with van der Waals surface area (Å²) in [6, 6.07) is 0. The summed E-state index contributed by atoms with van der Waals surface area (Å²) < 4.78 is 5.52. The predicted octanol–water partition coefficient (Wildman–Crippen LogP) is -0.282. The van der Waals surface area contributed by atoms with E-state index >= 15 is 0 Å². The van der Waals surface area contributed by atoms with Gasteiger partial charge in [0.05, 0.1) is 13.1 Å². The van der Waals surface area contributed by atoms with Gasteiger partial charge in [-0.15, -0.1) is 0 Å². The van der Waals surface area contributed by atoms with Gasteiger partial charge in [0.25, 0.3) is 0 Å². The van der Waals surface area contributed by atoms with Crippen LogP contribution in [0.25, 0.3) is 0 Å². The number of ether oxygens (including phenoxy) is 1. The van der Waals surface area contributed by atoms with Crippen LogP contribution < -0.4 is 4.90 Å². The molecule has 1 rings (SSSR count). The minimum absolute atomic E-state index is 0.456. The van der Waals surface area contributed by atoms with Gasteiger partial charge in [0.15, 0.2) is 0 Å². The van der Waals surface area contributed by atoms with Crippen molar-refractivity contribution in [1.82, 2.24) is 0 Å². The molecule has 0 saturated carbocycles. The highest BCUT2D eigenvalue weighted by Gasteiger charge is 2.28. The predicted molar refractivity (Wildman–Crippen MR) is 40.6 cm³/mol. The second-order valence-corrected chi connectivity index (χ2v) is 3.13. The van der Waals surface area contributed by atoms with E-state index in [0.29, 0.717) is 12.0 Å². The Hall–Kier alpha value is -0.0800. The van der Waals surface area contributed by atoms with Crippen LogP contribution in [0.15, 0.2) is 0 Å². The third kappa shape index (κ3) is 1.70. The molecule has 1 aliphatic heterocycles. The summed E-state index contributed by atoms with van der Waals surface area (Å²) in [4.78, 5) is 1.35. The van der Waals surface area contributed by atoms with Crippen LogP contribution in [0.5, 0.6) is 0 Å². The summed E-state index contributed by atoms with van der Waals surface area (Å²) in [6.07, 6.45) is 0.456. The van der Waals surface area contributed by atoms with E-state index < -0.39 is 0 Å². The first-order chi connectivity index (χ1) is 4.74. The van der Waals surface area contributed by atoms with Gasteiger partial charge in [-0.3, -0.25) is 0 Å². The lowest BCUT2D eigenvalue weighted by molar-refractivity contribution is -0.842. The average molecular weight is 143 g/mol. The van der Waals surface area contributed by atoms with Crippen LogP contribution in [-0.4, -0.2) is 25.8 Å². The average Bonchev–Trinajstić information content (AvgIpc) is 2.13. The van der Waals surface area contributed by atoms with Crippen LogP contribution in [0.1, 0.15) is 13.8 Å². The lowest BCUT2D eigenvalue weighted by atomic mass is 10.1. The van der Waals surface area contributed by atoms with E-state index in [9.17, 15) is 0 Å². The Bertz CT molecular complexity index is 105. The highest BCUT2D eigenvalue weighted by molar-refractivity contribution is 4.69. The van der Waals surface area contributed by atoms with Gasteiger partial charge in [0.2, 0.25) is 0 Å². The Kier molecular flexibility index (Phi) is 2.69. The number of hydrogen-bond acceptors (Lipinski definition) is 1. The first kappa shape index (κ1) is 8.02. The molecule has 3 atom stereocenters. The molecule has 60 valence electrons. The van der Waals surface area contributed by atoms with E-state index in [2.05, 4.69) is 14.0 Å². The molecule has 10 heavy (non-hydrogen) atoms. The molecular formula is C8H17NO. The molecule has 0 aromatic heterocycles. The zero-order chi connectivity index (χ0) is 7.56. The Balaban J connectivity index is 2.31. The van der Waals surface area contributed by atoms with Crippen LogP contribution in [0.2, 0.25) is 0 Å². The van der Waals surface area contributed by atoms with E-state index in [1.807, 2.05) is 6.92 Å². The zero-order valence-electron chi connectivity index (χ0n) is 6.89. The fraction of sp³-hybridized carbons (Fsp3) is 0.875. The molecule has 0 radical (unpaired) electrons. The van der Waals surface area contributed by atoms with Crippen LogP contribution in [0.3, 0.4) is 0 Å². The molecule has 0 aromatic rings. The van der Waals surface area contributed by atoms with Gasteiger partial charge in [0.1, 0.15) is 6.10 Å². The van der Waals surface area contributed by atoms with E-state index in [1.165, 1.54) is 4.90 Å². The topological polar surface area (TPSA) is 13.7 Å². The molecule has 1 unspecified atom stereocenters. The van der Waals surface area contributed by atoms with Crippen molar-refractivity contribution in [3.05, 3.63) is 7.05 Å². The molecule has 1 saturated heterocycles. The number of hydrogen-bond donors (Lipinski definition) is 1. The van der Waals surface area contributed by atoms with E-state index in [-0.39, 0.29) is 0 Å². The lowest BCUT2D eigenvalue weighted by Gasteiger charge is -2.12. The van der Waals surface area contributed by atoms with Crippen molar-refractivity contribution in [2.45, 2.75) is 20.0 Å². The Morgan fingerprint density at radius 3 is 2.70 bits per heavy atom. The third-order valence-electron chi connectivity index (χ3n) is 2.12. The van der Waals surface area contributed by atoms with Crippen molar-refractivity contribution < 1.29 is 9.64 Å². The standard InChI is InChI=1S/C8H17NO/c1-4-10-8-6-9(3)5-7(8)2/h7-9H,3-6H2,1-2H3/t7-,8-/m1/s1. The van der Waals surface area contributed by atoms with E-state index in [4.69, 9.17) is 4.74 Å². The minimum Gasteiger partial charge on any atom is -0.465 e. The molecule has 1 heterocycles. The molecule has 0 amide bonds. The summed E-state index contributed by atoms with van der Waals surface area (Å²) in [5.74, 6) is 0.687. The summed E-state index contributed by atoms with van der Waals surface area (Å²) >= 11 is 0. The van der Waals surface area contributed by atoms with Crippen molar-refractivity contribution in [2.75, 3.05) is 19.7 Å². The molecule has 2 heteroatoms. The number of rotatable bonds is 2. The number of likely N-dealkylation sites (tertiary alicyclic amines) is 1. The summed E-state index contributed by atoms with van der Waals surface area (Å²) in [7, 11) is 3.96. The van der Waals surface area contributed by atoms with Crippen LogP contribution >= 0.6 is 0 Å². The highest BCUT2D eigenvalue weighted by Crippen LogP contribution is 2.07. The van der Waals surface area contributed by atoms with Crippen LogP contribution in [0, 0.1) is 13.0 Å². The largest absolute Gasteiger partial charge is 0.465 e. The Labute approximate surface area is 63.2 Å². The molecule has 1 fully saturated rings. The SMILES string of the molecule is [CH2-][NH+]1C[C@@H](C)[C@H](OCC)C1. The maximum atomic E-state index is 5.52. The van der Waals surface area contributed by atoms with Gasteiger partial charge in [-0.2, -0.15) is 7.05 Å². The molecule has 1 aliphatic rings. The fourth-order valence-electron chi connectivity index (χ4n) is 1.59. The van der Waals surface area contributed by atoms with Gasteiger partial charge in [-0.05, 0) is 6.92 Å². The smallest absolute Gasteiger partial charge is 0.112 e. The fourth-order valence-corrected chi connectivity index (χ4v) is 1.59. The van der Waals surface area contributed by atoms with Crippen molar-refractivity contribution in [1.29, 1.82) is 0 Å². The van der Waals surface area contributed by atoms with Crippen LogP contribution in [-0.2, 0) is 4.74 Å². The summed E-state index contributed by atoms with van der Waals surface area (Å²) in [6.45, 7) is 7.36. The van der Waals surface area contributed by atoms with Crippen molar-refractivity contribution in [2.24, 2.45) is 5.92 Å². The first-order valence-corrected chi connectivity index (χ1v) is 4.02. The second-order valence-electron chi connectivity index (χ2n) is 3.13. The highest BCUT2D eigenvalue weighted by atomic mass is 16.5. The molecule has 0 aromatic carbocycles. The van der Waals surface area contributed by atoms with Gasteiger partial charge in [-0.25, -0.2) is 0 Å². The second kappa shape index (κ2) is 3.35. The molecule has 2 nitrogen and oxygen atoms in total. The van der Waals surface area contributed by atoms with Gasteiger partial charge >= 0.3 is 0 Å². The minimum atomic E-state index is 0.456. The maximum Gasteiger partial charge on any atom is 0.112 e. The molecule has 0 spiro atoms. The third-order valence-corrected chi connectivity index (χ3v) is 2.12. The van der Waals surface area contributed by atoms with Gasteiger partial charge in [-0.1, -0.05) is 6.92 Å². The van der Waals surface area contributed by atoms with E-state index in [1.54, 1.807) is 0 Å². The van der Waals surface area contributed by atoms with Crippen molar-refractivity contribution in [3.8, 4) is 0 Å². The zero-order valence-corrected chi connectivity index (χ0v) is 6.89. The van der Waals surface area contributed by atoms with Gasteiger partial charge < -0.3 is 9.64 Å². The van der Waals surface area contributed by atoms with Crippen molar-refractivity contribution >= 4 is 0 Å². The number of nitrogens with one attached hydrogen (secondary N) is 1. The Morgan fingerprint density at radius 1 is 1.60 bits per heavy atom. The quantitative estimate of drug-likeness (QED) is 0.525. The monoisotopic (exact) mass is 143 g/mol. The van der Waals surface area contributed by atoms with E-state index in [0.717, 1.165) is 19.7 Å². The first-order valence-electron chi connectivity index (χ1n) is 4.02. The summed E-state index contributed by atoms with van der Waals surface area (Å²) in [5.41, 5.74) is 0. The van der Waals surface area contributed by atoms with Crippen LogP contribution in [0.4, 0.5) is 0 Å². The molecule has 1 N–H and O–H groups in total. The lowest BCUT2D eigenvalue weighted by Crippen LogP contribution is -3.05. The summed E-state index contributed by atoms with van der Waals surface area (Å²) in [5, 5.41) is 0. The van der Waals surface area contributed by atoms with Gasteiger partial charge in [0, 0.05) is 12.5 Å². The Morgan fingerprint density at radius 2 is 2.30 bits per heavy atom.